The SMILES string of the molecule is CNC(=O)c1nn(COCC[Si](C)(C)C)c2c(F)c(-c3c(F)ccc(NS(=O)(=O)c4cc(F)cc(COC(C)=O)c4)c3F)ccc12. The van der Waals surface area contributed by atoms with Gasteiger partial charge in [0.2, 0.25) is 0 Å². The molecule has 0 unspecified atom stereocenters. The van der Waals surface area contributed by atoms with Crippen LogP contribution < -0.4 is 10.0 Å². The summed E-state index contributed by atoms with van der Waals surface area (Å²) < 4.78 is 101. The third-order valence-electron chi connectivity index (χ3n) is 6.79. The number of carbonyl (C=O) groups is 2. The van der Waals surface area contributed by atoms with Crippen LogP contribution in [-0.2, 0) is 37.6 Å². The molecule has 0 aliphatic carbocycles. The van der Waals surface area contributed by atoms with Crippen LogP contribution >= 0.6 is 0 Å². The van der Waals surface area contributed by atoms with Crippen LogP contribution in [0.15, 0.2) is 47.4 Å². The Balaban J connectivity index is 1.76. The molecule has 46 heavy (non-hydrogen) atoms. The molecule has 4 rings (SSSR count). The number of hydrogen-bond acceptors (Lipinski definition) is 7. The number of hydrogen-bond donors (Lipinski definition) is 2. The maximum Gasteiger partial charge on any atom is 0.302 e. The molecule has 1 amide bonds. The number of sulfonamides is 1. The van der Waals surface area contributed by atoms with E-state index in [0.717, 1.165) is 48.0 Å². The zero-order valence-electron chi connectivity index (χ0n) is 25.6. The molecule has 1 heterocycles. The predicted molar refractivity (Wildman–Crippen MR) is 165 cm³/mol. The first kappa shape index (κ1) is 34.6. The van der Waals surface area contributed by atoms with Crippen molar-refractivity contribution in [3.63, 3.8) is 0 Å². The number of rotatable bonds is 12. The van der Waals surface area contributed by atoms with Crippen molar-refractivity contribution in [1.82, 2.24) is 15.1 Å². The van der Waals surface area contributed by atoms with E-state index in [0.29, 0.717) is 12.7 Å². The number of aromatic nitrogens is 2. The molecule has 4 aromatic rings. The molecule has 0 aliphatic rings. The van der Waals surface area contributed by atoms with E-state index in [2.05, 4.69) is 30.1 Å². The average Bonchev–Trinajstić information content (AvgIpc) is 3.35. The number of anilines is 1. The molecule has 246 valence electrons. The van der Waals surface area contributed by atoms with Gasteiger partial charge in [-0.3, -0.25) is 14.3 Å². The third-order valence-corrected chi connectivity index (χ3v) is 9.84. The molecular formula is C30H32F4N4O6SSi. The lowest BCUT2D eigenvalue weighted by Crippen LogP contribution is -2.22. The first-order valence-corrected chi connectivity index (χ1v) is 19.1. The molecule has 10 nitrogen and oxygen atoms in total. The van der Waals surface area contributed by atoms with E-state index < -0.39 is 81.6 Å². The minimum Gasteiger partial charge on any atom is -0.461 e. The van der Waals surface area contributed by atoms with Crippen LogP contribution in [-0.4, -0.2) is 51.8 Å². The van der Waals surface area contributed by atoms with Gasteiger partial charge >= 0.3 is 5.97 Å². The van der Waals surface area contributed by atoms with Gasteiger partial charge in [0.1, 0.15) is 30.5 Å². The summed E-state index contributed by atoms with van der Waals surface area (Å²) in [6, 6.07) is 7.28. The van der Waals surface area contributed by atoms with Crippen LogP contribution in [0, 0.1) is 23.3 Å². The molecule has 2 N–H and O–H groups in total. The van der Waals surface area contributed by atoms with Crippen LogP contribution in [0.25, 0.3) is 22.0 Å². The quantitative estimate of drug-likeness (QED) is 0.0839. The summed E-state index contributed by atoms with van der Waals surface area (Å²) in [5, 5.41) is 6.66. The van der Waals surface area contributed by atoms with Crippen molar-refractivity contribution in [3.05, 3.63) is 77.0 Å². The molecule has 0 radical (unpaired) electrons. The number of nitrogens with zero attached hydrogens (tertiary/aromatic N) is 2. The Labute approximate surface area is 263 Å². The topological polar surface area (TPSA) is 129 Å². The molecule has 3 aromatic carbocycles. The summed E-state index contributed by atoms with van der Waals surface area (Å²) in [5.41, 5.74) is -2.62. The minimum atomic E-state index is -4.67. The second kappa shape index (κ2) is 13.6. The number of nitrogens with one attached hydrogen (secondary N) is 2. The Kier molecular flexibility index (Phi) is 10.2. The van der Waals surface area contributed by atoms with Crippen molar-refractivity contribution in [1.29, 1.82) is 0 Å². The van der Waals surface area contributed by atoms with Gasteiger partial charge in [0.15, 0.2) is 17.3 Å². The van der Waals surface area contributed by atoms with Gasteiger partial charge in [0.25, 0.3) is 15.9 Å². The smallest absolute Gasteiger partial charge is 0.302 e. The van der Waals surface area contributed by atoms with Crippen LogP contribution in [0.2, 0.25) is 25.7 Å². The summed E-state index contributed by atoms with van der Waals surface area (Å²) in [7, 11) is -4.77. The lowest BCUT2D eigenvalue weighted by Gasteiger charge is -2.16. The Bertz CT molecular complexity index is 1930. The lowest BCUT2D eigenvalue weighted by atomic mass is 10.0. The number of benzene rings is 3. The van der Waals surface area contributed by atoms with Crippen LogP contribution in [0.1, 0.15) is 23.0 Å². The Morgan fingerprint density at radius 1 is 1.00 bits per heavy atom. The summed E-state index contributed by atoms with van der Waals surface area (Å²) in [6.45, 7) is 7.22. The van der Waals surface area contributed by atoms with E-state index in [1.54, 1.807) is 0 Å². The van der Waals surface area contributed by atoms with Crippen LogP contribution in [0.5, 0.6) is 0 Å². The molecule has 0 saturated carbocycles. The molecule has 0 atom stereocenters. The first-order chi connectivity index (χ1) is 21.5. The third kappa shape index (κ3) is 7.74. The van der Waals surface area contributed by atoms with Gasteiger partial charge in [-0.2, -0.15) is 5.10 Å². The van der Waals surface area contributed by atoms with E-state index >= 15 is 13.2 Å². The molecule has 0 fully saturated rings. The fraction of sp³-hybridized carbons (Fsp3) is 0.300. The molecule has 16 heteroatoms. The number of fused-ring (bicyclic) bond motifs is 1. The van der Waals surface area contributed by atoms with Gasteiger partial charge in [-0.05, 0) is 48.0 Å². The maximum atomic E-state index is 16.2. The average molecular weight is 681 g/mol. The summed E-state index contributed by atoms with van der Waals surface area (Å²) in [5.74, 6) is -6.08. The number of ether oxygens (including phenoxy) is 2. The zero-order valence-corrected chi connectivity index (χ0v) is 27.5. The normalized spacial score (nSPS) is 11.9. The van der Waals surface area contributed by atoms with E-state index in [1.165, 1.54) is 13.1 Å². The maximum absolute atomic E-state index is 16.2. The van der Waals surface area contributed by atoms with Gasteiger partial charge < -0.3 is 14.8 Å². The number of carbonyl (C=O) groups excluding carboxylic acids is 2. The standard InChI is InChI=1S/C30H32F4N4O6SSi/c1-17(39)44-15-18-12-19(31)14-20(13-18)45(41,42)37-24-9-8-23(32)25(27(24)34)21-6-7-22-28(30(40)35-2)36-38(29(22)26(21)33)16-43-10-11-46(3,4)5/h6-9,12-14,37H,10-11,15-16H2,1-5H3,(H,35,40). The van der Waals surface area contributed by atoms with E-state index in [-0.39, 0.29) is 28.9 Å². The van der Waals surface area contributed by atoms with Gasteiger partial charge in [-0.1, -0.05) is 25.7 Å². The fourth-order valence-corrected chi connectivity index (χ4v) is 6.36. The van der Waals surface area contributed by atoms with Gasteiger partial charge in [-0.15, -0.1) is 0 Å². The van der Waals surface area contributed by atoms with Crippen molar-refractivity contribution in [2.24, 2.45) is 0 Å². The summed E-state index contributed by atoms with van der Waals surface area (Å²) in [4.78, 5) is 23.0. The highest BCUT2D eigenvalue weighted by molar-refractivity contribution is 7.92. The van der Waals surface area contributed by atoms with E-state index in [9.17, 15) is 22.4 Å². The van der Waals surface area contributed by atoms with Crippen molar-refractivity contribution < 1.29 is 45.0 Å². The summed E-state index contributed by atoms with van der Waals surface area (Å²) in [6.07, 6.45) is 0. The second-order valence-corrected chi connectivity index (χ2v) is 18.9. The van der Waals surface area contributed by atoms with Crippen LogP contribution in [0.3, 0.4) is 0 Å². The van der Waals surface area contributed by atoms with Crippen molar-refractivity contribution >= 4 is 46.6 Å². The fourth-order valence-electron chi connectivity index (χ4n) is 4.46. The lowest BCUT2D eigenvalue weighted by molar-refractivity contribution is -0.142. The molecular weight excluding hydrogens is 648 g/mol. The van der Waals surface area contributed by atoms with E-state index in [4.69, 9.17) is 9.47 Å². The minimum absolute atomic E-state index is 0.00316. The summed E-state index contributed by atoms with van der Waals surface area (Å²) >= 11 is 0. The van der Waals surface area contributed by atoms with Crippen molar-refractivity contribution in [2.75, 3.05) is 18.4 Å². The Hall–Kier alpha value is -4.28. The number of amides is 1. The molecule has 0 spiro atoms. The predicted octanol–water partition coefficient (Wildman–Crippen LogP) is 5.80. The van der Waals surface area contributed by atoms with Gasteiger partial charge in [0.05, 0.1) is 16.1 Å². The molecule has 0 saturated heterocycles. The highest BCUT2D eigenvalue weighted by Crippen LogP contribution is 2.37. The number of esters is 1. The molecule has 0 aliphatic heterocycles. The highest BCUT2D eigenvalue weighted by atomic mass is 32.2. The van der Waals surface area contributed by atoms with Gasteiger partial charge in [0, 0.05) is 39.6 Å². The molecule has 1 aromatic heterocycles. The Morgan fingerprint density at radius 2 is 1.72 bits per heavy atom. The highest BCUT2D eigenvalue weighted by Gasteiger charge is 2.27. The monoisotopic (exact) mass is 680 g/mol. The van der Waals surface area contributed by atoms with Crippen molar-refractivity contribution in [3.8, 4) is 11.1 Å². The zero-order chi connectivity index (χ0) is 34.0. The second-order valence-electron chi connectivity index (χ2n) is 11.6. The van der Waals surface area contributed by atoms with E-state index in [1.807, 2.05) is 4.72 Å². The Morgan fingerprint density at radius 3 is 2.37 bits per heavy atom. The largest absolute Gasteiger partial charge is 0.461 e. The molecule has 0 bridgehead atoms. The number of halogens is 4. The van der Waals surface area contributed by atoms with Crippen molar-refractivity contribution in [2.45, 2.75) is 50.8 Å². The van der Waals surface area contributed by atoms with Gasteiger partial charge in [-0.25, -0.2) is 30.7 Å². The van der Waals surface area contributed by atoms with Crippen LogP contribution in [0.4, 0.5) is 23.2 Å². The first-order valence-electron chi connectivity index (χ1n) is 13.9.